The summed E-state index contributed by atoms with van der Waals surface area (Å²) >= 11 is 7.24. The monoisotopic (exact) mass is 389 g/mol. The SMILES string of the molecule is CC1CCC(Br)C(Cc2ccc([N+](=O)[O-])cc2Br)C1. The Morgan fingerprint density at radius 2 is 2.16 bits per heavy atom. The second kappa shape index (κ2) is 6.35. The molecule has 0 amide bonds. The van der Waals surface area contributed by atoms with Crippen molar-refractivity contribution < 1.29 is 4.92 Å². The first-order valence-electron chi connectivity index (χ1n) is 6.54. The molecule has 0 bridgehead atoms. The Labute approximate surface area is 130 Å². The number of benzene rings is 1. The maximum absolute atomic E-state index is 10.7. The normalized spacial score (nSPS) is 27.2. The molecule has 1 aromatic rings. The highest BCUT2D eigenvalue weighted by Crippen LogP contribution is 2.37. The number of nitrogens with zero attached hydrogens (tertiary/aromatic N) is 1. The van der Waals surface area contributed by atoms with Crippen molar-refractivity contribution >= 4 is 37.5 Å². The van der Waals surface area contributed by atoms with Gasteiger partial charge in [-0.3, -0.25) is 10.1 Å². The van der Waals surface area contributed by atoms with Gasteiger partial charge in [-0.15, -0.1) is 0 Å². The fourth-order valence-corrected chi connectivity index (χ4v) is 3.97. The summed E-state index contributed by atoms with van der Waals surface area (Å²) in [5.74, 6) is 1.39. The van der Waals surface area contributed by atoms with E-state index in [1.807, 2.05) is 6.07 Å². The van der Waals surface area contributed by atoms with Gasteiger partial charge in [-0.2, -0.15) is 0 Å². The van der Waals surface area contributed by atoms with Gasteiger partial charge in [-0.1, -0.05) is 44.8 Å². The molecule has 1 aliphatic carbocycles. The average molecular weight is 391 g/mol. The third-order valence-corrected chi connectivity index (χ3v) is 5.83. The van der Waals surface area contributed by atoms with E-state index < -0.39 is 0 Å². The molecule has 5 heteroatoms. The second-order valence-corrected chi connectivity index (χ2v) is 7.46. The lowest BCUT2D eigenvalue weighted by Crippen LogP contribution is -2.25. The Hall–Kier alpha value is -0.420. The molecule has 0 saturated heterocycles. The first-order chi connectivity index (χ1) is 8.97. The molecule has 104 valence electrons. The Morgan fingerprint density at radius 3 is 2.79 bits per heavy atom. The van der Waals surface area contributed by atoms with Crippen molar-refractivity contribution in [3.8, 4) is 0 Å². The van der Waals surface area contributed by atoms with Gasteiger partial charge in [0.15, 0.2) is 0 Å². The summed E-state index contributed by atoms with van der Waals surface area (Å²) in [6, 6.07) is 5.07. The minimum absolute atomic E-state index is 0.142. The van der Waals surface area contributed by atoms with Gasteiger partial charge < -0.3 is 0 Å². The lowest BCUT2D eigenvalue weighted by Gasteiger charge is -2.31. The molecule has 0 aromatic heterocycles. The molecule has 0 heterocycles. The van der Waals surface area contributed by atoms with Gasteiger partial charge in [0, 0.05) is 21.4 Å². The summed E-state index contributed by atoms with van der Waals surface area (Å²) in [5.41, 5.74) is 1.30. The topological polar surface area (TPSA) is 43.1 Å². The van der Waals surface area contributed by atoms with Crippen LogP contribution in [-0.2, 0) is 6.42 Å². The van der Waals surface area contributed by atoms with E-state index in [-0.39, 0.29) is 10.6 Å². The van der Waals surface area contributed by atoms with Crippen LogP contribution in [0.2, 0.25) is 0 Å². The van der Waals surface area contributed by atoms with Crippen LogP contribution in [-0.4, -0.2) is 9.75 Å². The van der Waals surface area contributed by atoms with Crippen molar-refractivity contribution in [3.05, 3.63) is 38.3 Å². The van der Waals surface area contributed by atoms with Crippen LogP contribution in [0.5, 0.6) is 0 Å². The van der Waals surface area contributed by atoms with Gasteiger partial charge in [0.2, 0.25) is 0 Å². The Kier molecular flexibility index (Phi) is 5.01. The van der Waals surface area contributed by atoms with E-state index in [0.717, 1.165) is 22.4 Å². The zero-order chi connectivity index (χ0) is 14.0. The first kappa shape index (κ1) is 15.0. The van der Waals surface area contributed by atoms with Gasteiger partial charge in [0.25, 0.3) is 5.69 Å². The minimum atomic E-state index is -0.357. The predicted molar refractivity (Wildman–Crippen MR) is 83.7 cm³/mol. The Bertz CT molecular complexity index is 479. The molecular weight excluding hydrogens is 374 g/mol. The molecule has 1 aromatic carbocycles. The van der Waals surface area contributed by atoms with Crippen LogP contribution in [0.1, 0.15) is 31.7 Å². The number of rotatable bonds is 3. The van der Waals surface area contributed by atoms with Crippen LogP contribution in [0.25, 0.3) is 0 Å². The predicted octanol–water partition coefficient (Wildman–Crippen LogP) is 5.10. The number of alkyl halides is 1. The zero-order valence-corrected chi connectivity index (χ0v) is 14.0. The summed E-state index contributed by atoms with van der Waals surface area (Å²) in [6.45, 7) is 2.30. The van der Waals surface area contributed by atoms with E-state index >= 15 is 0 Å². The van der Waals surface area contributed by atoms with Gasteiger partial charge in [0.1, 0.15) is 0 Å². The van der Waals surface area contributed by atoms with Crippen molar-refractivity contribution in [1.82, 2.24) is 0 Å². The molecule has 2 rings (SSSR count). The minimum Gasteiger partial charge on any atom is -0.258 e. The fraction of sp³-hybridized carbons (Fsp3) is 0.571. The molecule has 1 fully saturated rings. The molecule has 0 radical (unpaired) electrons. The number of hydrogen-bond acceptors (Lipinski definition) is 2. The van der Waals surface area contributed by atoms with E-state index in [4.69, 9.17) is 0 Å². The van der Waals surface area contributed by atoms with Crippen molar-refractivity contribution in [2.24, 2.45) is 11.8 Å². The van der Waals surface area contributed by atoms with Crippen molar-refractivity contribution in [3.63, 3.8) is 0 Å². The van der Waals surface area contributed by atoms with E-state index in [0.29, 0.717) is 10.7 Å². The highest BCUT2D eigenvalue weighted by Gasteiger charge is 2.27. The fourth-order valence-electron chi connectivity index (χ4n) is 2.77. The van der Waals surface area contributed by atoms with Gasteiger partial charge >= 0.3 is 0 Å². The van der Waals surface area contributed by atoms with Crippen LogP contribution < -0.4 is 0 Å². The highest BCUT2D eigenvalue weighted by molar-refractivity contribution is 9.10. The summed E-state index contributed by atoms with van der Waals surface area (Å²) in [7, 11) is 0. The summed E-state index contributed by atoms with van der Waals surface area (Å²) in [6.07, 6.45) is 4.70. The Morgan fingerprint density at radius 1 is 1.42 bits per heavy atom. The number of non-ortho nitro benzene ring substituents is 1. The molecule has 0 spiro atoms. The standard InChI is InChI=1S/C14H17Br2NO2/c1-9-2-5-13(15)11(6-9)7-10-3-4-12(17(18)19)8-14(10)16/h3-4,8-9,11,13H,2,5-7H2,1H3. The molecule has 3 unspecified atom stereocenters. The molecule has 3 nitrogen and oxygen atoms in total. The quantitative estimate of drug-likeness (QED) is 0.409. The van der Waals surface area contributed by atoms with Gasteiger partial charge in [0.05, 0.1) is 4.92 Å². The van der Waals surface area contributed by atoms with E-state index in [9.17, 15) is 10.1 Å². The molecule has 0 N–H and O–H groups in total. The number of nitro groups is 1. The van der Waals surface area contributed by atoms with Crippen LogP contribution in [0.15, 0.2) is 22.7 Å². The van der Waals surface area contributed by atoms with E-state index in [1.165, 1.54) is 19.3 Å². The van der Waals surface area contributed by atoms with Crippen molar-refractivity contribution in [2.75, 3.05) is 0 Å². The molecule has 19 heavy (non-hydrogen) atoms. The van der Waals surface area contributed by atoms with Crippen molar-refractivity contribution in [2.45, 2.75) is 37.4 Å². The summed E-state index contributed by atoms with van der Waals surface area (Å²) < 4.78 is 0.847. The summed E-state index contributed by atoms with van der Waals surface area (Å²) in [4.78, 5) is 10.9. The lowest BCUT2D eigenvalue weighted by atomic mass is 9.79. The number of nitro benzene ring substituents is 1. The van der Waals surface area contributed by atoms with Crippen LogP contribution in [0.3, 0.4) is 0 Å². The van der Waals surface area contributed by atoms with Crippen LogP contribution in [0, 0.1) is 22.0 Å². The lowest BCUT2D eigenvalue weighted by molar-refractivity contribution is -0.384. The number of hydrogen-bond donors (Lipinski definition) is 0. The van der Waals surface area contributed by atoms with Crippen LogP contribution in [0.4, 0.5) is 5.69 Å². The van der Waals surface area contributed by atoms with Crippen molar-refractivity contribution in [1.29, 1.82) is 0 Å². The van der Waals surface area contributed by atoms with E-state index in [1.54, 1.807) is 12.1 Å². The second-order valence-electron chi connectivity index (χ2n) is 5.43. The third-order valence-electron chi connectivity index (χ3n) is 3.88. The van der Waals surface area contributed by atoms with Crippen LogP contribution >= 0.6 is 31.9 Å². The smallest absolute Gasteiger partial charge is 0.258 e. The zero-order valence-electron chi connectivity index (χ0n) is 10.8. The first-order valence-corrected chi connectivity index (χ1v) is 8.25. The van der Waals surface area contributed by atoms with Gasteiger partial charge in [-0.05, 0) is 43.1 Å². The number of halogens is 2. The maximum atomic E-state index is 10.7. The molecule has 1 aliphatic rings. The average Bonchev–Trinajstić information content (AvgIpc) is 2.36. The van der Waals surface area contributed by atoms with E-state index in [2.05, 4.69) is 38.8 Å². The Balaban J connectivity index is 2.12. The summed E-state index contributed by atoms with van der Waals surface area (Å²) in [5, 5.41) is 10.7. The molecular formula is C14H17Br2NO2. The third kappa shape index (κ3) is 3.78. The largest absolute Gasteiger partial charge is 0.270 e. The molecule has 0 aliphatic heterocycles. The maximum Gasteiger partial charge on any atom is 0.270 e. The molecule has 3 atom stereocenters. The van der Waals surface area contributed by atoms with Gasteiger partial charge in [-0.25, -0.2) is 0 Å². The highest BCUT2D eigenvalue weighted by atomic mass is 79.9. The molecule has 1 saturated carbocycles.